The third kappa shape index (κ3) is 4.44. The molecule has 0 aliphatic carbocycles. The Balaban J connectivity index is 2.71. The molecule has 1 aromatic carbocycles. The lowest BCUT2D eigenvalue weighted by Crippen LogP contribution is -2.28. The molecule has 0 saturated heterocycles. The Bertz CT molecular complexity index is 455. The standard InChI is InChI=1S/C10H4F6O4/c11-9(12,13)7(17)19-5-1-2-6(4-3-5)20-8(18)10(14,15)16/h1-4H. The van der Waals surface area contributed by atoms with Gasteiger partial charge >= 0.3 is 24.3 Å². The van der Waals surface area contributed by atoms with E-state index < -0.39 is 35.8 Å². The summed E-state index contributed by atoms with van der Waals surface area (Å²) in [4.78, 5) is 20.9. The van der Waals surface area contributed by atoms with Crippen molar-refractivity contribution < 1.29 is 45.4 Å². The predicted molar refractivity (Wildman–Crippen MR) is 49.8 cm³/mol. The minimum atomic E-state index is -5.21. The number of hydrogen-bond acceptors (Lipinski definition) is 4. The minimum absolute atomic E-state index is 0.570. The predicted octanol–water partition coefficient (Wildman–Crippen LogP) is 2.62. The summed E-state index contributed by atoms with van der Waals surface area (Å²) in [5.74, 6) is -6.12. The molecule has 0 atom stereocenters. The lowest BCUT2D eigenvalue weighted by Gasteiger charge is -2.08. The summed E-state index contributed by atoms with van der Waals surface area (Å²) in [7, 11) is 0. The smallest absolute Gasteiger partial charge is 0.420 e. The number of carbonyl (C=O) groups excluding carboxylic acids is 2. The third-order valence-electron chi connectivity index (χ3n) is 1.71. The van der Waals surface area contributed by atoms with Gasteiger partial charge in [-0.2, -0.15) is 26.3 Å². The van der Waals surface area contributed by atoms with Crippen LogP contribution in [0.15, 0.2) is 24.3 Å². The number of benzene rings is 1. The first-order valence-electron chi connectivity index (χ1n) is 4.68. The van der Waals surface area contributed by atoms with Crippen molar-refractivity contribution in [3.05, 3.63) is 24.3 Å². The third-order valence-corrected chi connectivity index (χ3v) is 1.71. The van der Waals surface area contributed by atoms with E-state index in [-0.39, 0.29) is 0 Å². The average Bonchev–Trinajstić information content (AvgIpc) is 2.29. The molecule has 0 radical (unpaired) electrons. The first-order valence-corrected chi connectivity index (χ1v) is 4.68. The minimum Gasteiger partial charge on any atom is -0.420 e. The van der Waals surface area contributed by atoms with E-state index in [1.54, 1.807) is 0 Å². The Kier molecular flexibility index (Phi) is 4.26. The first-order chi connectivity index (χ1) is 9.00. The second kappa shape index (κ2) is 5.39. The number of alkyl halides is 6. The lowest BCUT2D eigenvalue weighted by molar-refractivity contribution is -0.190. The maximum Gasteiger partial charge on any atom is 0.491 e. The van der Waals surface area contributed by atoms with E-state index >= 15 is 0 Å². The molecule has 0 unspecified atom stereocenters. The topological polar surface area (TPSA) is 52.6 Å². The van der Waals surface area contributed by atoms with Gasteiger partial charge in [0.2, 0.25) is 0 Å². The van der Waals surface area contributed by atoms with Crippen LogP contribution in [0.5, 0.6) is 11.5 Å². The van der Waals surface area contributed by atoms with Crippen molar-refractivity contribution in [2.24, 2.45) is 0 Å². The largest absolute Gasteiger partial charge is 0.491 e. The Labute approximate surface area is 106 Å². The van der Waals surface area contributed by atoms with Crippen LogP contribution in [-0.4, -0.2) is 24.3 Å². The zero-order valence-corrected chi connectivity index (χ0v) is 9.21. The molecule has 110 valence electrons. The molecule has 1 aromatic rings. The molecule has 0 heterocycles. The zero-order valence-electron chi connectivity index (χ0n) is 9.21. The van der Waals surface area contributed by atoms with Crippen LogP contribution in [-0.2, 0) is 9.59 Å². The molecule has 1 rings (SSSR count). The van der Waals surface area contributed by atoms with Gasteiger partial charge in [0.1, 0.15) is 11.5 Å². The van der Waals surface area contributed by atoms with Gasteiger partial charge in [-0.3, -0.25) is 0 Å². The maximum atomic E-state index is 11.8. The number of halogens is 6. The van der Waals surface area contributed by atoms with Crippen molar-refractivity contribution in [2.75, 3.05) is 0 Å². The Hall–Kier alpha value is -2.26. The van der Waals surface area contributed by atoms with Gasteiger partial charge in [0.25, 0.3) is 0 Å². The van der Waals surface area contributed by atoms with E-state index in [0.29, 0.717) is 0 Å². The van der Waals surface area contributed by atoms with Crippen molar-refractivity contribution in [3.63, 3.8) is 0 Å². The highest BCUT2D eigenvalue weighted by molar-refractivity contribution is 5.79. The fourth-order valence-corrected chi connectivity index (χ4v) is 0.906. The monoisotopic (exact) mass is 302 g/mol. The Morgan fingerprint density at radius 1 is 0.700 bits per heavy atom. The highest BCUT2D eigenvalue weighted by Gasteiger charge is 2.42. The summed E-state index contributed by atoms with van der Waals surface area (Å²) in [5, 5.41) is 0. The summed E-state index contributed by atoms with van der Waals surface area (Å²) in [6.45, 7) is 0. The number of hydrogen-bond donors (Lipinski definition) is 0. The molecular formula is C10H4F6O4. The second-order valence-electron chi connectivity index (χ2n) is 3.25. The van der Waals surface area contributed by atoms with Gasteiger partial charge in [-0.25, -0.2) is 9.59 Å². The van der Waals surface area contributed by atoms with Gasteiger partial charge in [-0.1, -0.05) is 0 Å². The zero-order chi connectivity index (χ0) is 15.6. The van der Waals surface area contributed by atoms with Crippen LogP contribution in [0.1, 0.15) is 0 Å². The Morgan fingerprint density at radius 2 is 0.950 bits per heavy atom. The lowest BCUT2D eigenvalue weighted by atomic mass is 10.3. The van der Waals surface area contributed by atoms with Crippen LogP contribution in [0, 0.1) is 0 Å². The highest BCUT2D eigenvalue weighted by Crippen LogP contribution is 2.24. The molecule has 0 aromatic heterocycles. The van der Waals surface area contributed by atoms with Crippen LogP contribution in [0.3, 0.4) is 0 Å². The van der Waals surface area contributed by atoms with Crippen LogP contribution in [0.2, 0.25) is 0 Å². The van der Waals surface area contributed by atoms with E-state index in [9.17, 15) is 35.9 Å². The van der Waals surface area contributed by atoms with Crippen molar-refractivity contribution in [1.29, 1.82) is 0 Å². The molecule has 0 amide bonds. The van der Waals surface area contributed by atoms with Crippen LogP contribution >= 0.6 is 0 Å². The van der Waals surface area contributed by atoms with Crippen molar-refractivity contribution >= 4 is 11.9 Å². The quantitative estimate of drug-likeness (QED) is 0.479. The average molecular weight is 302 g/mol. The molecule has 0 saturated carbocycles. The van der Waals surface area contributed by atoms with Gasteiger partial charge in [0, 0.05) is 0 Å². The molecule has 0 aliphatic heterocycles. The molecule has 0 bridgehead atoms. The summed E-state index contributed by atoms with van der Waals surface area (Å²) < 4.78 is 78.8. The van der Waals surface area contributed by atoms with E-state index in [2.05, 4.69) is 9.47 Å². The van der Waals surface area contributed by atoms with Gasteiger partial charge in [0.05, 0.1) is 0 Å². The maximum absolute atomic E-state index is 11.8. The molecule has 4 nitrogen and oxygen atoms in total. The molecule has 0 spiro atoms. The molecule has 20 heavy (non-hydrogen) atoms. The summed E-state index contributed by atoms with van der Waals surface area (Å²) in [6.07, 6.45) is -10.4. The Morgan fingerprint density at radius 3 is 1.15 bits per heavy atom. The molecule has 0 fully saturated rings. The number of rotatable bonds is 2. The molecule has 10 heteroatoms. The van der Waals surface area contributed by atoms with Crippen molar-refractivity contribution in [3.8, 4) is 11.5 Å². The van der Waals surface area contributed by atoms with E-state index in [1.807, 2.05) is 0 Å². The summed E-state index contributed by atoms with van der Waals surface area (Å²) in [5.41, 5.74) is 0. The molecule has 0 aliphatic rings. The van der Waals surface area contributed by atoms with Gasteiger partial charge in [0.15, 0.2) is 0 Å². The second-order valence-corrected chi connectivity index (χ2v) is 3.25. The van der Waals surface area contributed by atoms with Gasteiger partial charge < -0.3 is 9.47 Å². The van der Waals surface area contributed by atoms with E-state index in [4.69, 9.17) is 0 Å². The van der Waals surface area contributed by atoms with Crippen LogP contribution in [0.4, 0.5) is 26.3 Å². The highest BCUT2D eigenvalue weighted by atomic mass is 19.4. The molecular weight excluding hydrogens is 298 g/mol. The fraction of sp³-hybridized carbons (Fsp3) is 0.200. The number of carbonyl (C=O) groups is 2. The van der Waals surface area contributed by atoms with Gasteiger partial charge in [-0.05, 0) is 24.3 Å². The summed E-state index contributed by atoms with van der Waals surface area (Å²) in [6, 6.07) is 2.95. The fourth-order valence-electron chi connectivity index (χ4n) is 0.906. The molecule has 0 N–H and O–H groups in total. The number of ether oxygens (including phenoxy) is 2. The number of esters is 2. The summed E-state index contributed by atoms with van der Waals surface area (Å²) >= 11 is 0. The van der Waals surface area contributed by atoms with E-state index in [0.717, 1.165) is 24.3 Å². The SMILES string of the molecule is O=C(Oc1ccc(OC(=O)C(F)(F)F)cc1)C(F)(F)F. The first kappa shape index (κ1) is 15.8. The van der Waals surface area contributed by atoms with Crippen molar-refractivity contribution in [2.45, 2.75) is 12.4 Å². The van der Waals surface area contributed by atoms with E-state index in [1.165, 1.54) is 0 Å². The van der Waals surface area contributed by atoms with Crippen LogP contribution in [0.25, 0.3) is 0 Å². The normalized spacial score (nSPS) is 11.9. The van der Waals surface area contributed by atoms with Gasteiger partial charge in [-0.15, -0.1) is 0 Å². The van der Waals surface area contributed by atoms with Crippen LogP contribution < -0.4 is 9.47 Å². The van der Waals surface area contributed by atoms with Crippen molar-refractivity contribution in [1.82, 2.24) is 0 Å².